The summed E-state index contributed by atoms with van der Waals surface area (Å²) in [6, 6.07) is 8.49. The minimum Gasteiger partial charge on any atom is -0.465 e. The van der Waals surface area contributed by atoms with Crippen LogP contribution < -0.4 is 0 Å². The van der Waals surface area contributed by atoms with E-state index in [-0.39, 0.29) is 5.97 Å². The summed E-state index contributed by atoms with van der Waals surface area (Å²) in [6.45, 7) is 8.86. The van der Waals surface area contributed by atoms with Crippen LogP contribution in [0.2, 0.25) is 0 Å². The first-order chi connectivity index (χ1) is 9.15. The number of benzene rings is 1. The molecule has 0 bridgehead atoms. The predicted octanol–water partition coefficient (Wildman–Crippen LogP) is 2.81. The van der Waals surface area contributed by atoms with Crippen molar-refractivity contribution < 1.29 is 9.53 Å². The first-order valence-corrected chi connectivity index (χ1v) is 7.09. The van der Waals surface area contributed by atoms with Gasteiger partial charge >= 0.3 is 5.97 Å². The number of aryl methyl sites for hydroxylation is 2. The highest BCUT2D eigenvalue weighted by atomic mass is 16.5. The van der Waals surface area contributed by atoms with Crippen molar-refractivity contribution >= 4 is 5.97 Å². The Labute approximate surface area is 116 Å². The molecule has 0 atom stereocenters. The number of carbonyl (C=O) groups is 1. The second-order valence-corrected chi connectivity index (χ2v) is 4.77. The topological polar surface area (TPSA) is 29.5 Å². The van der Waals surface area contributed by atoms with Crippen molar-refractivity contribution in [2.45, 2.75) is 33.6 Å². The highest BCUT2D eigenvalue weighted by molar-refractivity contribution is 5.71. The molecule has 19 heavy (non-hydrogen) atoms. The largest absolute Gasteiger partial charge is 0.465 e. The molecule has 0 aliphatic rings. The number of hydrogen-bond donors (Lipinski definition) is 0. The Hall–Kier alpha value is -1.35. The fraction of sp³-hybridized carbons (Fsp3) is 0.562. The summed E-state index contributed by atoms with van der Waals surface area (Å²) in [4.78, 5) is 13.6. The Morgan fingerprint density at radius 3 is 2.37 bits per heavy atom. The van der Waals surface area contributed by atoms with Gasteiger partial charge in [0, 0.05) is 0 Å². The Kier molecular flexibility index (Phi) is 7.19. The summed E-state index contributed by atoms with van der Waals surface area (Å²) in [7, 11) is 0. The molecule has 3 heteroatoms. The molecule has 0 radical (unpaired) electrons. The zero-order chi connectivity index (χ0) is 14.1. The average Bonchev–Trinajstić information content (AvgIpc) is 2.43. The van der Waals surface area contributed by atoms with Crippen LogP contribution in [0.15, 0.2) is 24.3 Å². The van der Waals surface area contributed by atoms with Gasteiger partial charge in [-0.15, -0.1) is 0 Å². The standard InChI is InChI=1S/C16H25NO2/c1-4-17(5-2)13-16(18)19-12-6-7-15-10-8-14(3)9-11-15/h8-11H,4-7,12-13H2,1-3H3. The zero-order valence-corrected chi connectivity index (χ0v) is 12.3. The van der Waals surface area contributed by atoms with Gasteiger partial charge in [-0.05, 0) is 38.4 Å². The van der Waals surface area contributed by atoms with E-state index in [1.165, 1.54) is 11.1 Å². The van der Waals surface area contributed by atoms with Crippen LogP contribution in [-0.2, 0) is 16.0 Å². The van der Waals surface area contributed by atoms with Gasteiger partial charge in [-0.25, -0.2) is 0 Å². The van der Waals surface area contributed by atoms with Gasteiger partial charge in [0.1, 0.15) is 0 Å². The Balaban J connectivity index is 2.16. The molecule has 0 fully saturated rings. The lowest BCUT2D eigenvalue weighted by molar-refractivity contribution is -0.144. The monoisotopic (exact) mass is 263 g/mol. The normalized spacial score (nSPS) is 10.7. The first-order valence-electron chi connectivity index (χ1n) is 7.09. The van der Waals surface area contributed by atoms with E-state index in [1.54, 1.807) is 0 Å². The van der Waals surface area contributed by atoms with E-state index in [0.717, 1.165) is 25.9 Å². The van der Waals surface area contributed by atoms with Crippen LogP contribution in [0.25, 0.3) is 0 Å². The van der Waals surface area contributed by atoms with E-state index in [9.17, 15) is 4.79 Å². The highest BCUT2D eigenvalue weighted by Gasteiger charge is 2.07. The highest BCUT2D eigenvalue weighted by Crippen LogP contribution is 2.05. The smallest absolute Gasteiger partial charge is 0.320 e. The molecule has 1 aromatic carbocycles. The number of likely N-dealkylation sites (N-methyl/N-ethyl adjacent to an activating group) is 1. The van der Waals surface area contributed by atoms with Crippen molar-refractivity contribution in [3.8, 4) is 0 Å². The molecule has 1 rings (SSSR count). The van der Waals surface area contributed by atoms with Gasteiger partial charge in [0.25, 0.3) is 0 Å². The number of hydrogen-bond acceptors (Lipinski definition) is 3. The number of carbonyl (C=O) groups excluding carboxylic acids is 1. The van der Waals surface area contributed by atoms with Crippen molar-refractivity contribution in [3.63, 3.8) is 0 Å². The van der Waals surface area contributed by atoms with E-state index in [1.807, 2.05) is 13.8 Å². The van der Waals surface area contributed by atoms with Crippen molar-refractivity contribution in [1.29, 1.82) is 0 Å². The summed E-state index contributed by atoms with van der Waals surface area (Å²) >= 11 is 0. The molecule has 0 aliphatic carbocycles. The predicted molar refractivity (Wildman–Crippen MR) is 78.2 cm³/mol. The summed E-state index contributed by atoms with van der Waals surface area (Å²) < 4.78 is 5.24. The van der Waals surface area contributed by atoms with E-state index in [4.69, 9.17) is 4.74 Å². The molecule has 0 unspecified atom stereocenters. The fourth-order valence-corrected chi connectivity index (χ4v) is 1.89. The first kappa shape index (κ1) is 15.7. The quantitative estimate of drug-likeness (QED) is 0.533. The van der Waals surface area contributed by atoms with Crippen LogP contribution in [0.1, 0.15) is 31.4 Å². The summed E-state index contributed by atoms with van der Waals surface area (Å²) in [5.41, 5.74) is 2.57. The minimum atomic E-state index is -0.118. The molecular formula is C16H25NO2. The van der Waals surface area contributed by atoms with Gasteiger partial charge < -0.3 is 4.74 Å². The summed E-state index contributed by atoms with van der Waals surface area (Å²) in [6.07, 6.45) is 1.84. The Morgan fingerprint density at radius 2 is 1.79 bits per heavy atom. The number of rotatable bonds is 8. The summed E-state index contributed by atoms with van der Waals surface area (Å²) in [5.74, 6) is -0.118. The van der Waals surface area contributed by atoms with E-state index < -0.39 is 0 Å². The molecular weight excluding hydrogens is 238 g/mol. The Morgan fingerprint density at radius 1 is 1.16 bits per heavy atom. The third-order valence-electron chi connectivity index (χ3n) is 3.24. The molecule has 106 valence electrons. The molecule has 0 spiro atoms. The van der Waals surface area contributed by atoms with Crippen LogP contribution in [0, 0.1) is 6.92 Å². The number of ether oxygens (including phenoxy) is 1. The van der Waals surface area contributed by atoms with E-state index in [0.29, 0.717) is 13.2 Å². The SMILES string of the molecule is CCN(CC)CC(=O)OCCCc1ccc(C)cc1. The van der Waals surface area contributed by atoms with Gasteiger partial charge in [-0.1, -0.05) is 43.7 Å². The lowest BCUT2D eigenvalue weighted by atomic mass is 10.1. The molecule has 0 aliphatic heterocycles. The molecule has 0 N–H and O–H groups in total. The third-order valence-corrected chi connectivity index (χ3v) is 3.24. The van der Waals surface area contributed by atoms with Gasteiger partial charge in [0.2, 0.25) is 0 Å². The zero-order valence-electron chi connectivity index (χ0n) is 12.3. The third kappa shape index (κ3) is 6.39. The Bertz CT molecular complexity index is 369. The van der Waals surface area contributed by atoms with Crippen molar-refractivity contribution in [3.05, 3.63) is 35.4 Å². The summed E-state index contributed by atoms with van der Waals surface area (Å²) in [5, 5.41) is 0. The van der Waals surface area contributed by atoms with Crippen molar-refractivity contribution in [1.82, 2.24) is 4.90 Å². The number of esters is 1. The second-order valence-electron chi connectivity index (χ2n) is 4.77. The van der Waals surface area contributed by atoms with E-state index >= 15 is 0 Å². The van der Waals surface area contributed by atoms with E-state index in [2.05, 4.69) is 36.1 Å². The van der Waals surface area contributed by atoms with Crippen LogP contribution in [0.3, 0.4) is 0 Å². The van der Waals surface area contributed by atoms with Crippen molar-refractivity contribution in [2.24, 2.45) is 0 Å². The van der Waals surface area contributed by atoms with Crippen LogP contribution in [0.5, 0.6) is 0 Å². The maximum absolute atomic E-state index is 11.6. The molecule has 0 saturated carbocycles. The lowest BCUT2D eigenvalue weighted by Gasteiger charge is -2.16. The van der Waals surface area contributed by atoms with Crippen molar-refractivity contribution in [2.75, 3.05) is 26.2 Å². The molecule has 0 amide bonds. The molecule has 0 heterocycles. The lowest BCUT2D eigenvalue weighted by Crippen LogP contribution is -2.30. The maximum Gasteiger partial charge on any atom is 0.320 e. The molecule has 1 aromatic rings. The molecule has 0 aromatic heterocycles. The van der Waals surface area contributed by atoms with Crippen LogP contribution in [0.4, 0.5) is 0 Å². The van der Waals surface area contributed by atoms with Gasteiger partial charge in [-0.3, -0.25) is 9.69 Å². The number of nitrogens with zero attached hydrogens (tertiary/aromatic N) is 1. The fourth-order valence-electron chi connectivity index (χ4n) is 1.89. The van der Waals surface area contributed by atoms with Gasteiger partial charge in [0.05, 0.1) is 13.2 Å². The van der Waals surface area contributed by atoms with Gasteiger partial charge in [0.15, 0.2) is 0 Å². The minimum absolute atomic E-state index is 0.118. The average molecular weight is 263 g/mol. The molecule has 3 nitrogen and oxygen atoms in total. The van der Waals surface area contributed by atoms with Gasteiger partial charge in [-0.2, -0.15) is 0 Å². The molecule has 0 saturated heterocycles. The maximum atomic E-state index is 11.6. The second kappa shape index (κ2) is 8.70. The van der Waals surface area contributed by atoms with Crippen LogP contribution in [-0.4, -0.2) is 37.1 Å². The van der Waals surface area contributed by atoms with Crippen LogP contribution >= 0.6 is 0 Å².